The summed E-state index contributed by atoms with van der Waals surface area (Å²) < 4.78 is 18.4. The Hall–Kier alpha value is -2.11. The van der Waals surface area contributed by atoms with E-state index in [2.05, 4.69) is 0 Å². The highest BCUT2D eigenvalue weighted by atomic mass is 19.1. The number of amides is 1. The molecule has 21 heavy (non-hydrogen) atoms. The first-order valence-corrected chi connectivity index (χ1v) is 6.60. The molecule has 0 saturated heterocycles. The molecule has 0 unspecified atom stereocenters. The standard InChI is InChI=1S/C15H20FNO4/c1-5-17(15(2,3)14(19)20)13(18)9-10-6-7-12(21-4)11(16)8-10/h6-8H,5,9H2,1-4H3,(H,19,20). The molecule has 0 saturated carbocycles. The Labute approximate surface area is 123 Å². The Balaban J connectivity index is 2.93. The number of halogens is 1. The normalized spacial score (nSPS) is 11.1. The maximum atomic E-state index is 13.6. The first-order valence-electron chi connectivity index (χ1n) is 6.60. The number of aliphatic carboxylic acids is 1. The number of carbonyl (C=O) groups is 2. The van der Waals surface area contributed by atoms with Crippen molar-refractivity contribution in [3.8, 4) is 5.75 Å². The topological polar surface area (TPSA) is 66.8 Å². The SMILES string of the molecule is CCN(C(=O)Cc1ccc(OC)c(F)c1)C(C)(C)C(=O)O. The van der Waals surface area contributed by atoms with E-state index in [1.54, 1.807) is 13.0 Å². The van der Waals surface area contributed by atoms with Crippen LogP contribution in [0, 0.1) is 5.82 Å². The minimum Gasteiger partial charge on any atom is -0.494 e. The van der Waals surface area contributed by atoms with Crippen LogP contribution >= 0.6 is 0 Å². The van der Waals surface area contributed by atoms with Crippen LogP contribution in [0.3, 0.4) is 0 Å². The Morgan fingerprint density at radius 3 is 2.43 bits per heavy atom. The number of rotatable bonds is 6. The van der Waals surface area contributed by atoms with E-state index in [4.69, 9.17) is 4.74 Å². The number of nitrogens with zero attached hydrogens (tertiary/aromatic N) is 1. The van der Waals surface area contributed by atoms with Crippen molar-refractivity contribution in [3.63, 3.8) is 0 Å². The second-order valence-electron chi connectivity index (χ2n) is 5.15. The number of carboxylic acid groups (broad SMARTS) is 1. The molecule has 1 amide bonds. The van der Waals surface area contributed by atoms with Gasteiger partial charge in [-0.15, -0.1) is 0 Å². The van der Waals surface area contributed by atoms with Gasteiger partial charge in [-0.25, -0.2) is 9.18 Å². The van der Waals surface area contributed by atoms with Gasteiger partial charge in [0, 0.05) is 6.54 Å². The molecular weight excluding hydrogens is 277 g/mol. The van der Waals surface area contributed by atoms with E-state index in [9.17, 15) is 19.1 Å². The summed E-state index contributed by atoms with van der Waals surface area (Å²) in [6, 6.07) is 4.25. The number of carboxylic acids is 1. The first-order chi connectivity index (χ1) is 9.73. The number of methoxy groups -OCH3 is 1. The second-order valence-corrected chi connectivity index (χ2v) is 5.15. The molecule has 0 spiro atoms. The third kappa shape index (κ3) is 3.71. The summed E-state index contributed by atoms with van der Waals surface area (Å²) in [5.41, 5.74) is -0.838. The van der Waals surface area contributed by atoms with E-state index in [-0.39, 0.29) is 24.6 Å². The smallest absolute Gasteiger partial charge is 0.329 e. The quantitative estimate of drug-likeness (QED) is 0.873. The van der Waals surface area contributed by atoms with Gasteiger partial charge < -0.3 is 14.7 Å². The molecule has 6 heteroatoms. The van der Waals surface area contributed by atoms with Gasteiger partial charge in [-0.2, -0.15) is 0 Å². The molecule has 0 fully saturated rings. The van der Waals surface area contributed by atoms with Crippen LogP contribution in [0.1, 0.15) is 26.3 Å². The van der Waals surface area contributed by atoms with Crippen molar-refractivity contribution in [1.82, 2.24) is 4.90 Å². The Morgan fingerprint density at radius 2 is 2.00 bits per heavy atom. The van der Waals surface area contributed by atoms with Crippen molar-refractivity contribution in [3.05, 3.63) is 29.6 Å². The van der Waals surface area contributed by atoms with Gasteiger partial charge in [0.15, 0.2) is 11.6 Å². The van der Waals surface area contributed by atoms with Crippen LogP contribution in [-0.2, 0) is 16.0 Å². The van der Waals surface area contributed by atoms with Crippen molar-refractivity contribution < 1.29 is 23.8 Å². The molecule has 0 aliphatic heterocycles. The average molecular weight is 297 g/mol. The maximum Gasteiger partial charge on any atom is 0.329 e. The minimum absolute atomic E-state index is 0.0640. The highest BCUT2D eigenvalue weighted by Gasteiger charge is 2.36. The molecule has 1 aromatic rings. The predicted molar refractivity (Wildman–Crippen MR) is 75.8 cm³/mol. The summed E-state index contributed by atoms with van der Waals surface area (Å²) >= 11 is 0. The van der Waals surface area contributed by atoms with E-state index in [1.807, 2.05) is 0 Å². The van der Waals surface area contributed by atoms with Crippen LogP contribution in [0.25, 0.3) is 0 Å². The maximum absolute atomic E-state index is 13.6. The number of ether oxygens (including phenoxy) is 1. The van der Waals surface area contributed by atoms with E-state index >= 15 is 0 Å². The van der Waals surface area contributed by atoms with E-state index < -0.39 is 17.3 Å². The molecule has 1 aromatic carbocycles. The summed E-state index contributed by atoms with van der Waals surface area (Å²) in [5.74, 6) is -1.90. The largest absolute Gasteiger partial charge is 0.494 e. The minimum atomic E-state index is -1.31. The third-order valence-electron chi connectivity index (χ3n) is 3.39. The summed E-state index contributed by atoms with van der Waals surface area (Å²) in [4.78, 5) is 24.8. The molecule has 0 aliphatic carbocycles. The predicted octanol–water partition coefficient (Wildman–Crippen LogP) is 2.09. The van der Waals surface area contributed by atoms with Crippen LogP contribution in [0.15, 0.2) is 18.2 Å². The lowest BCUT2D eigenvalue weighted by molar-refractivity contribution is -0.156. The number of benzene rings is 1. The molecule has 0 heterocycles. The summed E-state index contributed by atoms with van der Waals surface area (Å²) in [6.07, 6.45) is -0.0640. The fourth-order valence-electron chi connectivity index (χ4n) is 2.09. The van der Waals surface area contributed by atoms with Gasteiger partial charge in [-0.05, 0) is 38.5 Å². The van der Waals surface area contributed by atoms with E-state index in [0.717, 1.165) is 0 Å². The molecule has 0 aliphatic rings. The summed E-state index contributed by atoms with van der Waals surface area (Å²) in [5, 5.41) is 9.20. The third-order valence-corrected chi connectivity index (χ3v) is 3.39. The highest BCUT2D eigenvalue weighted by molar-refractivity contribution is 5.87. The van der Waals surface area contributed by atoms with Crippen molar-refractivity contribution in [2.45, 2.75) is 32.7 Å². The van der Waals surface area contributed by atoms with Crippen molar-refractivity contribution in [1.29, 1.82) is 0 Å². The number of likely N-dealkylation sites (N-methyl/N-ethyl adjacent to an activating group) is 1. The average Bonchev–Trinajstić information content (AvgIpc) is 2.39. The number of hydrogen-bond acceptors (Lipinski definition) is 3. The molecule has 116 valence electrons. The van der Waals surface area contributed by atoms with Crippen molar-refractivity contribution in [2.75, 3.05) is 13.7 Å². The zero-order valence-electron chi connectivity index (χ0n) is 12.6. The number of hydrogen-bond donors (Lipinski definition) is 1. The lowest BCUT2D eigenvalue weighted by atomic mass is 10.0. The Morgan fingerprint density at radius 1 is 1.38 bits per heavy atom. The zero-order valence-corrected chi connectivity index (χ0v) is 12.6. The van der Waals surface area contributed by atoms with Gasteiger partial charge in [-0.1, -0.05) is 6.07 Å². The van der Waals surface area contributed by atoms with Gasteiger partial charge in [0.25, 0.3) is 0 Å². The molecule has 5 nitrogen and oxygen atoms in total. The summed E-state index contributed by atoms with van der Waals surface area (Å²) in [6.45, 7) is 4.89. The van der Waals surface area contributed by atoms with Crippen molar-refractivity contribution in [2.24, 2.45) is 0 Å². The summed E-state index contributed by atoms with van der Waals surface area (Å²) in [7, 11) is 1.36. The van der Waals surface area contributed by atoms with Gasteiger partial charge in [0.2, 0.25) is 5.91 Å². The zero-order chi connectivity index (χ0) is 16.2. The van der Waals surface area contributed by atoms with Crippen LogP contribution in [0.5, 0.6) is 5.75 Å². The lowest BCUT2D eigenvalue weighted by Crippen LogP contribution is -2.53. The molecule has 0 radical (unpaired) electrons. The highest BCUT2D eigenvalue weighted by Crippen LogP contribution is 2.20. The molecular formula is C15H20FNO4. The van der Waals surface area contributed by atoms with Crippen LogP contribution in [0.4, 0.5) is 4.39 Å². The molecule has 1 N–H and O–H groups in total. The fourth-order valence-corrected chi connectivity index (χ4v) is 2.09. The molecule has 0 aromatic heterocycles. The van der Waals surface area contributed by atoms with Gasteiger partial charge in [-0.3, -0.25) is 4.79 Å². The Bertz CT molecular complexity index is 542. The van der Waals surface area contributed by atoms with Crippen LogP contribution in [0.2, 0.25) is 0 Å². The molecule has 1 rings (SSSR count). The van der Waals surface area contributed by atoms with E-state index in [0.29, 0.717) is 5.56 Å². The second kappa shape index (κ2) is 6.56. The number of carbonyl (C=O) groups excluding carboxylic acids is 1. The van der Waals surface area contributed by atoms with Crippen LogP contribution < -0.4 is 4.74 Å². The molecule has 0 bridgehead atoms. The van der Waals surface area contributed by atoms with Crippen LogP contribution in [-0.4, -0.2) is 41.1 Å². The fraction of sp³-hybridized carbons (Fsp3) is 0.467. The van der Waals surface area contributed by atoms with Gasteiger partial charge >= 0.3 is 5.97 Å². The van der Waals surface area contributed by atoms with E-state index in [1.165, 1.54) is 38.0 Å². The monoisotopic (exact) mass is 297 g/mol. The molecule has 0 atom stereocenters. The Kier molecular flexibility index (Phi) is 5.29. The lowest BCUT2D eigenvalue weighted by Gasteiger charge is -2.34. The van der Waals surface area contributed by atoms with Crippen molar-refractivity contribution >= 4 is 11.9 Å². The van der Waals surface area contributed by atoms with Gasteiger partial charge in [0.05, 0.1) is 13.5 Å². The first kappa shape index (κ1) is 16.9. The van der Waals surface area contributed by atoms with Gasteiger partial charge in [0.1, 0.15) is 5.54 Å².